The van der Waals surface area contributed by atoms with Gasteiger partial charge in [0, 0.05) is 6.42 Å². The zero-order chi connectivity index (χ0) is 13.9. The van der Waals surface area contributed by atoms with E-state index in [0.717, 1.165) is 6.07 Å². The van der Waals surface area contributed by atoms with Gasteiger partial charge in [0.25, 0.3) is 0 Å². The average Bonchev–Trinajstić information content (AvgIpc) is 2.22. The van der Waals surface area contributed by atoms with Gasteiger partial charge >= 0.3 is 5.97 Å². The number of carboxylic acid groups (broad SMARTS) is 1. The fourth-order valence-electron chi connectivity index (χ4n) is 1.60. The number of halogens is 3. The van der Waals surface area contributed by atoms with E-state index in [0.29, 0.717) is 0 Å². The van der Waals surface area contributed by atoms with E-state index >= 15 is 0 Å². The van der Waals surface area contributed by atoms with Gasteiger partial charge < -0.3 is 5.11 Å². The highest BCUT2D eigenvalue weighted by atomic mass is 19.2. The largest absolute Gasteiger partial charge is 0.481 e. The molecular formula is C13H15F3O2. The highest BCUT2D eigenvalue weighted by Gasteiger charge is 2.22. The van der Waals surface area contributed by atoms with Crippen molar-refractivity contribution in [2.24, 2.45) is 0 Å². The molecular weight excluding hydrogens is 245 g/mol. The minimum atomic E-state index is -1.77. The molecule has 1 rings (SSSR count). The highest BCUT2D eigenvalue weighted by molar-refractivity contribution is 5.66. The van der Waals surface area contributed by atoms with Crippen molar-refractivity contribution in [1.82, 2.24) is 0 Å². The third kappa shape index (κ3) is 3.75. The quantitative estimate of drug-likeness (QED) is 0.878. The second-order valence-electron chi connectivity index (χ2n) is 4.65. The van der Waals surface area contributed by atoms with Crippen molar-refractivity contribution in [2.75, 3.05) is 0 Å². The molecule has 5 heteroatoms. The van der Waals surface area contributed by atoms with Gasteiger partial charge in [-0.25, -0.2) is 13.2 Å². The zero-order valence-corrected chi connectivity index (χ0v) is 10.3. The van der Waals surface area contributed by atoms with Crippen molar-refractivity contribution in [2.45, 2.75) is 38.8 Å². The Bertz CT molecular complexity index is 450. The average molecular weight is 260 g/mol. The SMILES string of the molecule is CC(C)(F)c1cc(F)c(F)c(CCCC(=O)O)c1. The van der Waals surface area contributed by atoms with Gasteiger partial charge in [0.15, 0.2) is 11.6 Å². The van der Waals surface area contributed by atoms with E-state index in [1.807, 2.05) is 0 Å². The van der Waals surface area contributed by atoms with Gasteiger partial charge in [0.1, 0.15) is 5.67 Å². The van der Waals surface area contributed by atoms with Crippen molar-refractivity contribution in [3.8, 4) is 0 Å². The number of hydrogen-bond acceptors (Lipinski definition) is 1. The lowest BCUT2D eigenvalue weighted by Gasteiger charge is -2.16. The first-order valence-corrected chi connectivity index (χ1v) is 5.61. The summed E-state index contributed by atoms with van der Waals surface area (Å²) in [5, 5.41) is 8.47. The van der Waals surface area contributed by atoms with Crippen LogP contribution in [0.25, 0.3) is 0 Å². The molecule has 18 heavy (non-hydrogen) atoms. The Morgan fingerprint density at radius 2 is 1.94 bits per heavy atom. The van der Waals surface area contributed by atoms with Gasteiger partial charge in [-0.05, 0) is 49.9 Å². The first-order valence-electron chi connectivity index (χ1n) is 5.61. The standard InChI is InChI=1S/C13H15F3O2/c1-13(2,16)9-6-8(4-3-5-11(17)18)12(15)10(14)7-9/h6-7H,3-5H2,1-2H3,(H,17,18). The van der Waals surface area contributed by atoms with E-state index < -0.39 is 23.3 Å². The normalized spacial score (nSPS) is 11.6. The lowest BCUT2D eigenvalue weighted by molar-refractivity contribution is -0.137. The Morgan fingerprint density at radius 3 is 2.44 bits per heavy atom. The van der Waals surface area contributed by atoms with Crippen LogP contribution in [0, 0.1) is 11.6 Å². The molecule has 0 amide bonds. The van der Waals surface area contributed by atoms with E-state index in [2.05, 4.69) is 0 Å². The molecule has 0 heterocycles. The van der Waals surface area contributed by atoms with Crippen LogP contribution in [0.4, 0.5) is 13.2 Å². The molecule has 0 aliphatic heterocycles. The second-order valence-corrected chi connectivity index (χ2v) is 4.65. The van der Waals surface area contributed by atoms with E-state index in [-0.39, 0.29) is 30.4 Å². The van der Waals surface area contributed by atoms with Crippen molar-refractivity contribution in [1.29, 1.82) is 0 Å². The number of rotatable bonds is 5. The molecule has 1 aromatic rings. The van der Waals surface area contributed by atoms with Crippen LogP contribution < -0.4 is 0 Å². The van der Waals surface area contributed by atoms with E-state index in [4.69, 9.17) is 5.11 Å². The van der Waals surface area contributed by atoms with Crippen LogP contribution in [0.2, 0.25) is 0 Å². The summed E-state index contributed by atoms with van der Waals surface area (Å²) in [4.78, 5) is 10.3. The van der Waals surface area contributed by atoms with Gasteiger partial charge in [0.05, 0.1) is 0 Å². The molecule has 0 radical (unpaired) electrons. The van der Waals surface area contributed by atoms with Crippen molar-refractivity contribution in [3.63, 3.8) is 0 Å². The fourth-order valence-corrected chi connectivity index (χ4v) is 1.60. The van der Waals surface area contributed by atoms with Crippen LogP contribution in [-0.2, 0) is 16.9 Å². The lowest BCUT2D eigenvalue weighted by atomic mass is 9.95. The van der Waals surface area contributed by atoms with Crippen LogP contribution >= 0.6 is 0 Å². The van der Waals surface area contributed by atoms with E-state index in [1.54, 1.807) is 0 Å². The zero-order valence-electron chi connectivity index (χ0n) is 10.3. The van der Waals surface area contributed by atoms with Gasteiger partial charge in [0.2, 0.25) is 0 Å². The predicted molar refractivity (Wildman–Crippen MR) is 61.1 cm³/mol. The van der Waals surface area contributed by atoms with Gasteiger partial charge in [-0.2, -0.15) is 0 Å². The summed E-state index contributed by atoms with van der Waals surface area (Å²) in [6.07, 6.45) is 0.116. The molecule has 0 saturated heterocycles. The molecule has 100 valence electrons. The van der Waals surface area contributed by atoms with Crippen LogP contribution in [-0.4, -0.2) is 11.1 Å². The topological polar surface area (TPSA) is 37.3 Å². The summed E-state index contributed by atoms with van der Waals surface area (Å²) in [6.45, 7) is 2.50. The summed E-state index contributed by atoms with van der Waals surface area (Å²) in [5.41, 5.74) is -1.71. The number of carbonyl (C=O) groups is 1. The van der Waals surface area contributed by atoms with Crippen LogP contribution in [0.3, 0.4) is 0 Å². The maximum atomic E-state index is 13.7. The molecule has 1 aromatic carbocycles. The van der Waals surface area contributed by atoms with Crippen LogP contribution in [0.5, 0.6) is 0 Å². The number of alkyl halides is 1. The molecule has 0 atom stereocenters. The fraction of sp³-hybridized carbons (Fsp3) is 0.462. The summed E-state index contributed by atoms with van der Waals surface area (Å²) < 4.78 is 40.4. The maximum absolute atomic E-state index is 13.7. The summed E-state index contributed by atoms with van der Waals surface area (Å²) in [7, 11) is 0. The number of carboxylic acids is 1. The number of hydrogen-bond donors (Lipinski definition) is 1. The number of aliphatic carboxylic acids is 1. The molecule has 0 aliphatic rings. The minimum absolute atomic E-state index is 0.0111. The molecule has 1 N–H and O–H groups in total. The smallest absolute Gasteiger partial charge is 0.303 e. The molecule has 0 spiro atoms. The summed E-state index contributed by atoms with van der Waals surface area (Å²) in [5.74, 6) is -3.14. The number of aryl methyl sites for hydroxylation is 1. The van der Waals surface area contributed by atoms with Crippen molar-refractivity contribution < 1.29 is 23.1 Å². The third-order valence-electron chi connectivity index (χ3n) is 2.63. The molecule has 0 aromatic heterocycles. The van der Waals surface area contributed by atoms with Gasteiger partial charge in [-0.1, -0.05) is 0 Å². The highest BCUT2D eigenvalue weighted by Crippen LogP contribution is 2.28. The molecule has 0 bridgehead atoms. The van der Waals surface area contributed by atoms with Gasteiger partial charge in [-0.15, -0.1) is 0 Å². The van der Waals surface area contributed by atoms with Gasteiger partial charge in [-0.3, -0.25) is 4.79 Å². The molecule has 0 saturated carbocycles. The van der Waals surface area contributed by atoms with Crippen molar-refractivity contribution >= 4 is 5.97 Å². The molecule has 2 nitrogen and oxygen atoms in total. The Kier molecular flexibility index (Phi) is 4.38. The Hall–Kier alpha value is -1.52. The number of benzene rings is 1. The van der Waals surface area contributed by atoms with E-state index in [1.165, 1.54) is 19.9 Å². The van der Waals surface area contributed by atoms with E-state index in [9.17, 15) is 18.0 Å². The third-order valence-corrected chi connectivity index (χ3v) is 2.63. The Balaban J connectivity index is 2.96. The van der Waals surface area contributed by atoms with Crippen LogP contribution in [0.15, 0.2) is 12.1 Å². The second kappa shape index (κ2) is 5.42. The van der Waals surface area contributed by atoms with Crippen molar-refractivity contribution in [3.05, 3.63) is 34.9 Å². The lowest BCUT2D eigenvalue weighted by Crippen LogP contribution is -2.11. The first kappa shape index (κ1) is 14.5. The molecule has 0 unspecified atom stereocenters. The van der Waals surface area contributed by atoms with Crippen LogP contribution in [0.1, 0.15) is 37.8 Å². The summed E-state index contributed by atoms with van der Waals surface area (Å²) in [6, 6.07) is 2.08. The predicted octanol–water partition coefficient (Wildman–Crippen LogP) is 3.58. The monoisotopic (exact) mass is 260 g/mol. The maximum Gasteiger partial charge on any atom is 0.303 e. The minimum Gasteiger partial charge on any atom is -0.481 e. The molecule has 0 fully saturated rings. The Morgan fingerprint density at radius 1 is 1.33 bits per heavy atom. The summed E-state index contributed by atoms with van der Waals surface area (Å²) >= 11 is 0. The first-order chi connectivity index (χ1) is 8.21. The Labute approximate surface area is 103 Å². The molecule has 0 aliphatic carbocycles.